The summed E-state index contributed by atoms with van der Waals surface area (Å²) in [6.45, 7) is 3.99. The van der Waals surface area contributed by atoms with Crippen LogP contribution in [-0.4, -0.2) is 31.8 Å². The molecule has 0 spiro atoms. The largest absolute Gasteiger partial charge is 0.490 e. The predicted octanol–water partition coefficient (Wildman–Crippen LogP) is 2.99. The molecule has 0 saturated carbocycles. The van der Waals surface area contributed by atoms with Crippen molar-refractivity contribution in [3.8, 4) is 17.0 Å². The highest BCUT2D eigenvalue weighted by Crippen LogP contribution is 2.34. The van der Waals surface area contributed by atoms with Crippen molar-refractivity contribution in [3.63, 3.8) is 0 Å². The Hall–Kier alpha value is -3.03. The molecule has 0 radical (unpaired) electrons. The standard InChI is InChI=1S/C15H15N5O3/c1-9(2)19-15-11(7-16-8-17-15)14(18-19)10-4-5-13(23-3)12(6-10)20(21)22/h4-9H,1-3H3. The fourth-order valence-electron chi connectivity index (χ4n) is 2.43. The maximum Gasteiger partial charge on any atom is 0.311 e. The van der Waals surface area contributed by atoms with Crippen molar-refractivity contribution >= 4 is 16.7 Å². The fraction of sp³-hybridized carbons (Fsp3) is 0.267. The highest BCUT2D eigenvalue weighted by atomic mass is 16.6. The van der Waals surface area contributed by atoms with Gasteiger partial charge in [-0.2, -0.15) is 5.10 Å². The van der Waals surface area contributed by atoms with Gasteiger partial charge in [0, 0.05) is 23.9 Å². The first-order chi connectivity index (χ1) is 11.0. The summed E-state index contributed by atoms with van der Waals surface area (Å²) in [6, 6.07) is 4.87. The van der Waals surface area contributed by atoms with Crippen LogP contribution in [-0.2, 0) is 0 Å². The molecule has 8 heteroatoms. The van der Waals surface area contributed by atoms with Crippen molar-refractivity contribution < 1.29 is 9.66 Å². The second-order valence-electron chi connectivity index (χ2n) is 5.29. The zero-order valence-corrected chi connectivity index (χ0v) is 12.9. The van der Waals surface area contributed by atoms with E-state index in [2.05, 4.69) is 15.1 Å². The number of rotatable bonds is 4. The Balaban J connectivity index is 2.25. The van der Waals surface area contributed by atoms with E-state index in [9.17, 15) is 10.1 Å². The van der Waals surface area contributed by atoms with Gasteiger partial charge in [-0.15, -0.1) is 0 Å². The lowest BCUT2D eigenvalue weighted by molar-refractivity contribution is -0.385. The lowest BCUT2D eigenvalue weighted by Gasteiger charge is -2.05. The molecule has 118 valence electrons. The Labute approximate surface area is 131 Å². The number of fused-ring (bicyclic) bond motifs is 1. The average Bonchev–Trinajstić information content (AvgIpc) is 2.94. The lowest BCUT2D eigenvalue weighted by Crippen LogP contribution is -2.03. The van der Waals surface area contributed by atoms with Gasteiger partial charge >= 0.3 is 5.69 Å². The van der Waals surface area contributed by atoms with E-state index in [0.717, 1.165) is 5.39 Å². The first kappa shape index (κ1) is 14.9. The maximum absolute atomic E-state index is 11.2. The molecule has 1 aromatic carbocycles. The number of nitro benzene ring substituents is 1. The summed E-state index contributed by atoms with van der Waals surface area (Å²) < 4.78 is 6.82. The highest BCUT2D eigenvalue weighted by molar-refractivity contribution is 5.91. The van der Waals surface area contributed by atoms with Crippen LogP contribution in [0.15, 0.2) is 30.7 Å². The van der Waals surface area contributed by atoms with E-state index in [1.807, 2.05) is 13.8 Å². The van der Waals surface area contributed by atoms with Crippen LogP contribution in [0.25, 0.3) is 22.3 Å². The third kappa shape index (κ3) is 2.48. The SMILES string of the molecule is COc1ccc(-c2nn(C(C)C)c3ncncc23)cc1[N+](=O)[O-]. The molecule has 2 heterocycles. The van der Waals surface area contributed by atoms with Gasteiger partial charge in [0.15, 0.2) is 11.4 Å². The molecule has 3 rings (SSSR count). The van der Waals surface area contributed by atoms with Crippen molar-refractivity contribution in [1.82, 2.24) is 19.7 Å². The van der Waals surface area contributed by atoms with Crippen LogP contribution < -0.4 is 4.74 Å². The summed E-state index contributed by atoms with van der Waals surface area (Å²) in [6.07, 6.45) is 3.13. The number of nitro groups is 1. The summed E-state index contributed by atoms with van der Waals surface area (Å²) in [4.78, 5) is 19.1. The number of ether oxygens (including phenoxy) is 1. The minimum atomic E-state index is -0.472. The zero-order valence-electron chi connectivity index (χ0n) is 12.9. The number of hydrogen-bond acceptors (Lipinski definition) is 6. The molecule has 0 amide bonds. The molecule has 8 nitrogen and oxygen atoms in total. The zero-order chi connectivity index (χ0) is 16.6. The number of benzene rings is 1. The maximum atomic E-state index is 11.2. The van der Waals surface area contributed by atoms with Crippen molar-refractivity contribution in [2.75, 3.05) is 7.11 Å². The van der Waals surface area contributed by atoms with Gasteiger partial charge in [0.05, 0.1) is 17.4 Å². The van der Waals surface area contributed by atoms with Crippen LogP contribution >= 0.6 is 0 Å². The molecule has 0 aliphatic rings. The predicted molar refractivity (Wildman–Crippen MR) is 84.4 cm³/mol. The first-order valence-corrected chi connectivity index (χ1v) is 7.04. The van der Waals surface area contributed by atoms with Gasteiger partial charge in [0.1, 0.15) is 12.0 Å². The van der Waals surface area contributed by atoms with Gasteiger partial charge in [0.25, 0.3) is 0 Å². The third-order valence-corrected chi connectivity index (χ3v) is 3.51. The Bertz CT molecular complexity index is 888. The van der Waals surface area contributed by atoms with Crippen LogP contribution in [0, 0.1) is 10.1 Å². The van der Waals surface area contributed by atoms with E-state index in [1.165, 1.54) is 19.5 Å². The van der Waals surface area contributed by atoms with E-state index < -0.39 is 4.92 Å². The molecule has 0 fully saturated rings. The second kappa shape index (κ2) is 5.64. The molecule has 0 unspecified atom stereocenters. The van der Waals surface area contributed by atoms with E-state index in [4.69, 9.17) is 4.74 Å². The summed E-state index contributed by atoms with van der Waals surface area (Å²) in [7, 11) is 1.40. The van der Waals surface area contributed by atoms with Crippen LogP contribution in [0.3, 0.4) is 0 Å². The fourth-order valence-corrected chi connectivity index (χ4v) is 2.43. The summed E-state index contributed by atoms with van der Waals surface area (Å²) in [5.74, 6) is 0.211. The molecule has 0 aliphatic carbocycles. The van der Waals surface area contributed by atoms with Crippen molar-refractivity contribution in [2.24, 2.45) is 0 Å². The topological polar surface area (TPSA) is 96.0 Å². The molecule has 0 N–H and O–H groups in total. The summed E-state index contributed by atoms with van der Waals surface area (Å²) in [5, 5.41) is 16.5. The molecule has 3 aromatic rings. The molecule has 23 heavy (non-hydrogen) atoms. The van der Waals surface area contributed by atoms with Crippen LogP contribution in [0.1, 0.15) is 19.9 Å². The highest BCUT2D eigenvalue weighted by Gasteiger charge is 2.20. The van der Waals surface area contributed by atoms with Crippen LogP contribution in [0.4, 0.5) is 5.69 Å². The van der Waals surface area contributed by atoms with Gasteiger partial charge < -0.3 is 4.74 Å². The molecular weight excluding hydrogens is 298 g/mol. The van der Waals surface area contributed by atoms with E-state index in [0.29, 0.717) is 16.9 Å². The molecule has 0 bridgehead atoms. The van der Waals surface area contributed by atoms with Gasteiger partial charge in [-0.3, -0.25) is 10.1 Å². The average molecular weight is 313 g/mol. The normalized spacial score (nSPS) is 11.1. The number of nitrogens with zero attached hydrogens (tertiary/aromatic N) is 5. The molecule has 0 atom stereocenters. The monoisotopic (exact) mass is 313 g/mol. The summed E-state index contributed by atoms with van der Waals surface area (Å²) in [5.41, 5.74) is 1.83. The molecule has 0 saturated heterocycles. The first-order valence-electron chi connectivity index (χ1n) is 7.04. The lowest BCUT2D eigenvalue weighted by atomic mass is 10.1. The van der Waals surface area contributed by atoms with Gasteiger partial charge in [-0.05, 0) is 26.0 Å². The van der Waals surface area contributed by atoms with Crippen molar-refractivity contribution in [2.45, 2.75) is 19.9 Å². The van der Waals surface area contributed by atoms with Crippen LogP contribution in [0.5, 0.6) is 5.75 Å². The van der Waals surface area contributed by atoms with Crippen LogP contribution in [0.2, 0.25) is 0 Å². The van der Waals surface area contributed by atoms with Gasteiger partial charge in [0.2, 0.25) is 0 Å². The Morgan fingerprint density at radius 1 is 1.35 bits per heavy atom. The summed E-state index contributed by atoms with van der Waals surface area (Å²) >= 11 is 0. The smallest absolute Gasteiger partial charge is 0.311 e. The van der Waals surface area contributed by atoms with Gasteiger partial charge in [-0.1, -0.05) is 0 Å². The number of hydrogen-bond donors (Lipinski definition) is 0. The Morgan fingerprint density at radius 3 is 2.78 bits per heavy atom. The van der Waals surface area contributed by atoms with E-state index in [1.54, 1.807) is 23.0 Å². The van der Waals surface area contributed by atoms with E-state index in [-0.39, 0.29) is 17.5 Å². The van der Waals surface area contributed by atoms with Gasteiger partial charge in [-0.25, -0.2) is 14.6 Å². The minimum absolute atomic E-state index is 0.103. The quantitative estimate of drug-likeness (QED) is 0.542. The van der Waals surface area contributed by atoms with E-state index >= 15 is 0 Å². The molecule has 0 aliphatic heterocycles. The minimum Gasteiger partial charge on any atom is -0.490 e. The number of methoxy groups -OCH3 is 1. The number of aromatic nitrogens is 4. The molecule has 2 aromatic heterocycles. The second-order valence-corrected chi connectivity index (χ2v) is 5.29. The Kier molecular flexibility index (Phi) is 3.65. The third-order valence-electron chi connectivity index (χ3n) is 3.51. The Morgan fingerprint density at radius 2 is 2.13 bits per heavy atom. The van der Waals surface area contributed by atoms with Crippen molar-refractivity contribution in [1.29, 1.82) is 0 Å². The van der Waals surface area contributed by atoms with Crippen molar-refractivity contribution in [3.05, 3.63) is 40.8 Å². The molecular formula is C15H15N5O3.